The van der Waals surface area contributed by atoms with E-state index in [1.807, 2.05) is 58.6 Å². The van der Waals surface area contributed by atoms with Crippen molar-refractivity contribution in [1.82, 2.24) is 49.8 Å². The van der Waals surface area contributed by atoms with Crippen LogP contribution in [0.1, 0.15) is 123 Å². The lowest BCUT2D eigenvalue weighted by Crippen LogP contribution is -3.00. The number of amides is 4. The molecule has 4 aromatic rings. The molecule has 8 heterocycles. The van der Waals surface area contributed by atoms with Gasteiger partial charge in [-0.25, -0.2) is 28.3 Å². The number of rotatable bonds is 11. The number of anilines is 6. The molecule has 0 spiro atoms. The van der Waals surface area contributed by atoms with Gasteiger partial charge in [-0.2, -0.15) is 9.97 Å². The average Bonchev–Trinajstić information content (AvgIpc) is 4.29. The molecule has 0 radical (unpaired) electrons. The molecule has 4 fully saturated rings. The van der Waals surface area contributed by atoms with Crippen LogP contribution in [0.15, 0.2) is 74.1 Å². The van der Waals surface area contributed by atoms with Gasteiger partial charge in [0.2, 0.25) is 23.7 Å². The van der Waals surface area contributed by atoms with E-state index in [0.717, 1.165) is 88.5 Å². The van der Waals surface area contributed by atoms with Crippen molar-refractivity contribution in [3.63, 3.8) is 0 Å². The highest BCUT2D eigenvalue weighted by Crippen LogP contribution is 2.32. The first kappa shape index (κ1) is 67.1. The predicted molar refractivity (Wildman–Crippen MR) is 320 cm³/mol. The molecule has 0 bridgehead atoms. The Kier molecular flexibility index (Phi) is 23.9. The zero-order chi connectivity index (χ0) is 59.4. The topological polar surface area (TPSA) is 232 Å². The number of carbonyl (C=O) groups excluding carboxylic acids is 5. The van der Waals surface area contributed by atoms with Crippen molar-refractivity contribution in [1.29, 1.82) is 0 Å². The maximum Gasteiger partial charge on any atom is 0.410 e. The lowest BCUT2D eigenvalue weighted by Gasteiger charge is -2.37. The first-order chi connectivity index (χ1) is 39.6. The van der Waals surface area contributed by atoms with Crippen LogP contribution in [0, 0.1) is 11.6 Å². The Balaban J connectivity index is 0.000000227. The molecule has 0 saturated carbocycles. The van der Waals surface area contributed by atoms with Gasteiger partial charge in [0, 0.05) is 121 Å². The summed E-state index contributed by atoms with van der Waals surface area (Å²) < 4.78 is 39.5. The summed E-state index contributed by atoms with van der Waals surface area (Å²) in [6, 6.07) is 12.5. The summed E-state index contributed by atoms with van der Waals surface area (Å²) in [5.41, 5.74) is 5.78. The van der Waals surface area contributed by atoms with Gasteiger partial charge in [0.1, 0.15) is 17.0 Å². The molecule has 10 rings (SSSR count). The van der Waals surface area contributed by atoms with E-state index in [9.17, 15) is 32.8 Å². The van der Waals surface area contributed by atoms with E-state index in [0.29, 0.717) is 83.1 Å². The number of carbonyl (C=O) groups is 5. The third-order valence-corrected chi connectivity index (χ3v) is 14.9. The van der Waals surface area contributed by atoms with E-state index in [2.05, 4.69) is 88.8 Å². The molecule has 0 unspecified atom stereocenters. The van der Waals surface area contributed by atoms with Crippen molar-refractivity contribution in [3.8, 4) is 0 Å². The summed E-state index contributed by atoms with van der Waals surface area (Å²) in [7, 11) is 0. The number of hydrogen-bond acceptors (Lipinski definition) is 17. The van der Waals surface area contributed by atoms with Crippen LogP contribution in [-0.4, -0.2) is 156 Å². The van der Waals surface area contributed by atoms with Crippen LogP contribution in [-0.2, 0) is 50.0 Å². The lowest BCUT2D eigenvalue weighted by atomic mass is 10.0. The Labute approximate surface area is 515 Å². The molecule has 5 N–H and O–H groups in total. The van der Waals surface area contributed by atoms with Crippen LogP contribution in [0.25, 0.3) is 0 Å². The van der Waals surface area contributed by atoms with Gasteiger partial charge in [0.15, 0.2) is 23.3 Å². The van der Waals surface area contributed by atoms with Crippen LogP contribution in [0.5, 0.6) is 0 Å². The summed E-state index contributed by atoms with van der Waals surface area (Å²) in [6.07, 6.45) is 10.4. The molecule has 21 nitrogen and oxygen atoms in total. The highest BCUT2D eigenvalue weighted by atomic mass is 127. The molecule has 4 saturated heterocycles. The highest BCUT2D eigenvalue weighted by Gasteiger charge is 2.33. The Bertz CT molecular complexity index is 3000. The molecular formula is C61H84F2IN14O7-. The van der Waals surface area contributed by atoms with Crippen molar-refractivity contribution in [3.05, 3.63) is 108 Å². The smallest absolute Gasteiger partial charge is 0.410 e. The number of piperidine rings is 4. The normalized spacial score (nSPS) is 18.7. The number of nitrogens with zero attached hydrogens (tertiary/aromatic N) is 9. The van der Waals surface area contributed by atoms with Crippen LogP contribution in [0.3, 0.4) is 0 Å². The van der Waals surface area contributed by atoms with Gasteiger partial charge in [-0.3, -0.25) is 19.3 Å². The monoisotopic (exact) mass is 1290 g/mol. The zero-order valence-corrected chi connectivity index (χ0v) is 51.2. The quantitative estimate of drug-likeness (QED) is 0.0803. The maximum absolute atomic E-state index is 14.6. The van der Waals surface area contributed by atoms with Crippen LogP contribution in [0.4, 0.5) is 53.3 Å². The number of ether oxygens (including phenoxy) is 2. The van der Waals surface area contributed by atoms with Gasteiger partial charge in [-0.05, 0) is 139 Å². The number of hydrogen-bond donors (Lipinski definition) is 5. The number of ketones is 1. The molecule has 2 atom stereocenters. The summed E-state index contributed by atoms with van der Waals surface area (Å²) in [6.45, 7) is 26.4. The van der Waals surface area contributed by atoms with Gasteiger partial charge < -0.3 is 79.6 Å². The van der Waals surface area contributed by atoms with Crippen LogP contribution >= 0.6 is 0 Å². The minimum absolute atomic E-state index is 0. The first-order valence-corrected chi connectivity index (χ1v) is 28.7. The fourth-order valence-electron chi connectivity index (χ4n) is 10.7. The van der Waals surface area contributed by atoms with Crippen molar-refractivity contribution in [2.45, 2.75) is 156 Å². The largest absolute Gasteiger partial charge is 1.00 e. The molecule has 2 aromatic carbocycles. The second kappa shape index (κ2) is 30.3. The summed E-state index contributed by atoms with van der Waals surface area (Å²) in [5.74, 6) is -0.182. The SMILES string of the molecule is C.C=CC(=O)N1CCC[C@@H](Nc2nc(Nc3ccc4c(c3)CN(C3CCN(C(=O)OC(C)(C)C)CC3)C4)ncc2F)C1.C=CC(=O)N1CCC[C@@H](Nc2nc(Nc3ccc4c(c3)CNC4)ncc2F)C1.CC(C)(C)OC(=O)N1CCC(=O)CC1.[I-]. The van der Waals surface area contributed by atoms with Crippen molar-refractivity contribution >= 4 is 64.7 Å². The number of likely N-dealkylation sites (tertiary alicyclic amines) is 4. The van der Waals surface area contributed by atoms with E-state index in [1.165, 1.54) is 34.4 Å². The Morgan fingerprint density at radius 3 is 1.55 bits per heavy atom. The molecular weight excluding hydrogens is 1210 g/mol. The fourth-order valence-corrected chi connectivity index (χ4v) is 10.7. The number of Topliss-reactive ketones (excluding diaryl/α,β-unsaturated/α-hetero) is 1. The standard InChI is InChI=1S/C30H40FN7O3.C20H23FN6O.C10H17NO3.CH4.HI/c1-5-26(39)37-12-6-7-23(19-37)33-27-25(31)16-32-28(35-27)34-22-9-8-20-17-38(18-21(20)15-22)24-10-13-36(14-11-24)29(40)41-30(2,3)4;1-2-18(28)27-7-3-4-16(12-27)24-19-17(21)11-23-20(26-19)25-15-6-5-13-9-22-10-14(13)8-15;1-10(2,3)14-9(13)11-6-4-8(12)5-7-11;;/h5,8-9,15-16,23-24H,1,6-7,10-14,17-19H2,2-4H3,(H2,32,33,34,35);2,5-6,8,11,16,22H,1,3-4,7,9-10,12H2,(H2,23,24,25,26);4-7H2,1-3H3;1H4;1H/p-1/t23-;16-;;;/m11.../s1. The third-order valence-electron chi connectivity index (χ3n) is 14.9. The van der Waals surface area contributed by atoms with Gasteiger partial charge in [0.25, 0.3) is 0 Å². The molecule has 85 heavy (non-hydrogen) atoms. The molecule has 24 heteroatoms. The second-order valence-electron chi connectivity index (χ2n) is 23.7. The molecule has 6 aliphatic heterocycles. The Morgan fingerprint density at radius 2 is 1.07 bits per heavy atom. The summed E-state index contributed by atoms with van der Waals surface area (Å²) >= 11 is 0. The first-order valence-electron chi connectivity index (χ1n) is 28.7. The number of nitrogens with one attached hydrogen (secondary N) is 5. The third kappa shape index (κ3) is 19.5. The molecule has 0 aliphatic carbocycles. The minimum Gasteiger partial charge on any atom is -1.00 e. The summed E-state index contributed by atoms with van der Waals surface area (Å²) in [5, 5.41) is 15.9. The minimum atomic E-state index is -0.537. The van der Waals surface area contributed by atoms with E-state index < -0.39 is 22.8 Å². The lowest BCUT2D eigenvalue weighted by molar-refractivity contribution is -0.127. The van der Waals surface area contributed by atoms with Gasteiger partial charge in [-0.15, -0.1) is 0 Å². The second-order valence-corrected chi connectivity index (χ2v) is 23.7. The van der Waals surface area contributed by atoms with Gasteiger partial charge in [-0.1, -0.05) is 32.7 Å². The molecule has 2 aromatic heterocycles. The van der Waals surface area contributed by atoms with Gasteiger partial charge >= 0.3 is 12.2 Å². The van der Waals surface area contributed by atoms with Crippen LogP contribution in [0.2, 0.25) is 0 Å². The molecule has 4 amide bonds. The van der Waals surface area contributed by atoms with Crippen molar-refractivity contribution < 1.29 is 66.2 Å². The van der Waals surface area contributed by atoms with E-state index >= 15 is 0 Å². The summed E-state index contributed by atoms with van der Waals surface area (Å²) in [4.78, 5) is 84.9. The fraction of sp³-hybridized carbons (Fsp3) is 0.525. The molecule has 6 aliphatic rings. The average molecular weight is 1290 g/mol. The maximum atomic E-state index is 14.6. The number of halogens is 3. The molecule has 462 valence electrons. The Morgan fingerprint density at radius 1 is 0.624 bits per heavy atom. The van der Waals surface area contributed by atoms with E-state index in [1.54, 1.807) is 14.7 Å². The zero-order valence-electron chi connectivity index (χ0n) is 49.1. The highest BCUT2D eigenvalue weighted by molar-refractivity contribution is 5.87. The van der Waals surface area contributed by atoms with E-state index in [4.69, 9.17) is 9.47 Å². The number of fused-ring (bicyclic) bond motifs is 2. The number of benzene rings is 2. The predicted octanol–water partition coefficient (Wildman–Crippen LogP) is 6.44. The number of aromatic nitrogens is 4. The van der Waals surface area contributed by atoms with Gasteiger partial charge in [0.05, 0.1) is 12.4 Å². The Hall–Kier alpha value is -7.06. The van der Waals surface area contributed by atoms with E-state index in [-0.39, 0.29) is 84.9 Å². The van der Waals surface area contributed by atoms with Crippen molar-refractivity contribution in [2.75, 3.05) is 73.6 Å². The van der Waals surface area contributed by atoms with Crippen molar-refractivity contribution in [2.24, 2.45) is 0 Å². The van der Waals surface area contributed by atoms with Crippen LogP contribution < -0.4 is 50.6 Å².